The summed E-state index contributed by atoms with van der Waals surface area (Å²) in [5.41, 5.74) is 2.64. The van der Waals surface area contributed by atoms with Crippen molar-refractivity contribution >= 4 is 5.97 Å². The van der Waals surface area contributed by atoms with Gasteiger partial charge in [0.2, 0.25) is 0 Å². The van der Waals surface area contributed by atoms with Crippen molar-refractivity contribution in [3.63, 3.8) is 0 Å². The first-order valence-electron chi connectivity index (χ1n) is 6.16. The Bertz CT molecular complexity index is 472. The Hall–Kier alpha value is -1.35. The maximum Gasteiger partial charge on any atom is 0.314 e. The number of aliphatic carboxylic acids is 1. The standard InChI is InChI=1S/C14H16O3/c15-10-7-14(8-10,13(16)17)12-6-2-4-9-3-1-5-11(9)12/h2,4,6,10,15H,1,3,5,7-8H2,(H,16,17). The van der Waals surface area contributed by atoms with E-state index in [4.69, 9.17) is 0 Å². The zero-order chi connectivity index (χ0) is 12.0. The highest BCUT2D eigenvalue weighted by Crippen LogP contribution is 2.47. The molecule has 3 rings (SSSR count). The fourth-order valence-electron chi connectivity index (χ4n) is 3.32. The Morgan fingerprint density at radius 2 is 2.06 bits per heavy atom. The SMILES string of the molecule is O=C(O)C1(c2cccc3c2CCC3)CC(O)C1. The van der Waals surface area contributed by atoms with Crippen LogP contribution in [-0.2, 0) is 23.1 Å². The van der Waals surface area contributed by atoms with Gasteiger partial charge in [-0.15, -0.1) is 0 Å². The topological polar surface area (TPSA) is 57.5 Å². The van der Waals surface area contributed by atoms with Crippen LogP contribution in [0.2, 0.25) is 0 Å². The van der Waals surface area contributed by atoms with Crippen LogP contribution in [0.5, 0.6) is 0 Å². The summed E-state index contributed by atoms with van der Waals surface area (Å²) in [5, 5.41) is 19.0. The van der Waals surface area contributed by atoms with Gasteiger partial charge in [0.1, 0.15) is 0 Å². The zero-order valence-electron chi connectivity index (χ0n) is 9.65. The van der Waals surface area contributed by atoms with Crippen molar-refractivity contribution in [2.75, 3.05) is 0 Å². The second-order valence-corrected chi connectivity index (χ2v) is 5.25. The van der Waals surface area contributed by atoms with E-state index in [1.807, 2.05) is 12.1 Å². The van der Waals surface area contributed by atoms with Crippen LogP contribution in [0, 0.1) is 0 Å². The van der Waals surface area contributed by atoms with Gasteiger partial charge in [0, 0.05) is 0 Å². The van der Waals surface area contributed by atoms with Gasteiger partial charge < -0.3 is 10.2 Å². The smallest absolute Gasteiger partial charge is 0.314 e. The van der Waals surface area contributed by atoms with E-state index in [-0.39, 0.29) is 0 Å². The van der Waals surface area contributed by atoms with Crippen molar-refractivity contribution in [3.05, 3.63) is 34.9 Å². The third-order valence-electron chi connectivity index (χ3n) is 4.24. The molecule has 2 aliphatic rings. The number of aliphatic hydroxyl groups excluding tert-OH is 1. The molecular weight excluding hydrogens is 216 g/mol. The Labute approximate surface area is 100 Å². The van der Waals surface area contributed by atoms with E-state index < -0.39 is 17.5 Å². The maximum absolute atomic E-state index is 11.5. The largest absolute Gasteiger partial charge is 0.481 e. The molecule has 0 radical (unpaired) electrons. The minimum absolute atomic E-state index is 0.360. The molecule has 0 aromatic heterocycles. The van der Waals surface area contributed by atoms with E-state index in [0.29, 0.717) is 12.8 Å². The maximum atomic E-state index is 11.5. The van der Waals surface area contributed by atoms with Crippen molar-refractivity contribution in [3.8, 4) is 0 Å². The number of aliphatic hydroxyl groups is 1. The van der Waals surface area contributed by atoms with Gasteiger partial charge in [0.05, 0.1) is 11.5 Å². The fraction of sp³-hybridized carbons (Fsp3) is 0.500. The fourth-order valence-corrected chi connectivity index (χ4v) is 3.32. The lowest BCUT2D eigenvalue weighted by Gasteiger charge is -2.43. The van der Waals surface area contributed by atoms with Crippen molar-refractivity contribution in [1.29, 1.82) is 0 Å². The number of aryl methyl sites for hydroxylation is 1. The number of carboxylic acids is 1. The Kier molecular flexibility index (Phi) is 2.26. The van der Waals surface area contributed by atoms with Crippen LogP contribution in [0.4, 0.5) is 0 Å². The lowest BCUT2D eigenvalue weighted by Crippen LogP contribution is -2.51. The van der Waals surface area contributed by atoms with E-state index in [2.05, 4.69) is 6.07 Å². The molecule has 3 heteroatoms. The molecule has 0 amide bonds. The predicted molar refractivity (Wildman–Crippen MR) is 63.0 cm³/mol. The molecule has 0 bridgehead atoms. The van der Waals surface area contributed by atoms with Crippen molar-refractivity contribution in [2.24, 2.45) is 0 Å². The summed E-state index contributed by atoms with van der Waals surface area (Å²) >= 11 is 0. The van der Waals surface area contributed by atoms with Gasteiger partial charge in [-0.2, -0.15) is 0 Å². The second kappa shape index (κ2) is 3.57. The summed E-state index contributed by atoms with van der Waals surface area (Å²) in [4.78, 5) is 11.5. The average molecular weight is 232 g/mol. The first kappa shape index (κ1) is 10.8. The van der Waals surface area contributed by atoms with E-state index >= 15 is 0 Å². The van der Waals surface area contributed by atoms with Gasteiger partial charge in [-0.25, -0.2) is 0 Å². The van der Waals surface area contributed by atoms with Crippen LogP contribution in [-0.4, -0.2) is 22.3 Å². The number of carbonyl (C=O) groups is 1. The molecule has 0 unspecified atom stereocenters. The van der Waals surface area contributed by atoms with Gasteiger partial charge in [0.15, 0.2) is 0 Å². The molecule has 1 aromatic carbocycles. The summed E-state index contributed by atoms with van der Waals surface area (Å²) in [5.74, 6) is -0.789. The number of carboxylic acid groups (broad SMARTS) is 1. The summed E-state index contributed by atoms with van der Waals surface area (Å²) in [6.07, 6.45) is 3.42. The normalized spacial score (nSPS) is 30.8. The van der Waals surface area contributed by atoms with E-state index in [1.165, 1.54) is 11.1 Å². The highest BCUT2D eigenvalue weighted by atomic mass is 16.4. The Balaban J connectivity index is 2.09. The Morgan fingerprint density at radius 1 is 1.29 bits per heavy atom. The molecule has 0 spiro atoms. The molecule has 17 heavy (non-hydrogen) atoms. The highest BCUT2D eigenvalue weighted by Gasteiger charge is 2.52. The van der Waals surface area contributed by atoms with E-state index in [1.54, 1.807) is 0 Å². The number of rotatable bonds is 2. The predicted octanol–water partition coefficient (Wildman–Crippen LogP) is 1.65. The molecule has 2 aliphatic carbocycles. The zero-order valence-corrected chi connectivity index (χ0v) is 9.65. The molecule has 2 N–H and O–H groups in total. The molecule has 90 valence electrons. The summed E-state index contributed by atoms with van der Waals surface area (Å²) < 4.78 is 0. The van der Waals surface area contributed by atoms with Gasteiger partial charge in [-0.1, -0.05) is 18.2 Å². The van der Waals surface area contributed by atoms with Crippen LogP contribution in [0.15, 0.2) is 18.2 Å². The van der Waals surface area contributed by atoms with Crippen LogP contribution in [0.25, 0.3) is 0 Å². The first-order chi connectivity index (χ1) is 8.13. The van der Waals surface area contributed by atoms with Crippen molar-refractivity contribution in [2.45, 2.75) is 43.6 Å². The molecule has 3 nitrogen and oxygen atoms in total. The molecule has 0 saturated heterocycles. The van der Waals surface area contributed by atoms with Gasteiger partial charge in [0.25, 0.3) is 0 Å². The summed E-state index contributed by atoms with van der Waals surface area (Å²) in [6, 6.07) is 5.98. The minimum atomic E-state index is -0.824. The van der Waals surface area contributed by atoms with Gasteiger partial charge in [-0.3, -0.25) is 4.79 Å². The molecule has 0 atom stereocenters. The van der Waals surface area contributed by atoms with E-state index in [0.717, 1.165) is 24.8 Å². The van der Waals surface area contributed by atoms with Crippen molar-refractivity contribution in [1.82, 2.24) is 0 Å². The number of benzene rings is 1. The lowest BCUT2D eigenvalue weighted by atomic mass is 9.61. The van der Waals surface area contributed by atoms with Crippen LogP contribution < -0.4 is 0 Å². The van der Waals surface area contributed by atoms with Crippen LogP contribution in [0.1, 0.15) is 36.0 Å². The average Bonchev–Trinajstić information content (AvgIpc) is 2.71. The molecule has 0 heterocycles. The number of hydrogen-bond acceptors (Lipinski definition) is 2. The molecule has 1 saturated carbocycles. The quantitative estimate of drug-likeness (QED) is 0.815. The lowest BCUT2D eigenvalue weighted by molar-refractivity contribution is -0.153. The number of hydrogen-bond donors (Lipinski definition) is 2. The monoisotopic (exact) mass is 232 g/mol. The molecular formula is C14H16O3. The second-order valence-electron chi connectivity index (χ2n) is 5.25. The Morgan fingerprint density at radius 3 is 2.71 bits per heavy atom. The third-order valence-corrected chi connectivity index (χ3v) is 4.24. The van der Waals surface area contributed by atoms with Crippen molar-refractivity contribution < 1.29 is 15.0 Å². The van der Waals surface area contributed by atoms with E-state index in [9.17, 15) is 15.0 Å². The molecule has 1 aromatic rings. The first-order valence-corrected chi connectivity index (χ1v) is 6.16. The van der Waals surface area contributed by atoms with Crippen LogP contribution in [0.3, 0.4) is 0 Å². The minimum Gasteiger partial charge on any atom is -0.481 e. The summed E-state index contributed by atoms with van der Waals surface area (Å²) in [7, 11) is 0. The van der Waals surface area contributed by atoms with Gasteiger partial charge in [-0.05, 0) is 48.8 Å². The molecule has 0 aliphatic heterocycles. The summed E-state index contributed by atoms with van der Waals surface area (Å²) in [6.45, 7) is 0. The third kappa shape index (κ3) is 1.42. The van der Waals surface area contributed by atoms with Gasteiger partial charge >= 0.3 is 5.97 Å². The number of fused-ring (bicyclic) bond motifs is 1. The van der Waals surface area contributed by atoms with Crippen LogP contribution >= 0.6 is 0 Å². The molecule has 1 fully saturated rings. The highest BCUT2D eigenvalue weighted by molar-refractivity contribution is 5.84.